The fourth-order valence-corrected chi connectivity index (χ4v) is 2.11. The first-order chi connectivity index (χ1) is 11.6. The molecule has 0 aliphatic carbocycles. The molecule has 0 saturated carbocycles. The van der Waals surface area contributed by atoms with Crippen molar-refractivity contribution in [2.75, 3.05) is 6.61 Å². The summed E-state index contributed by atoms with van der Waals surface area (Å²) in [7, 11) is 0. The van der Waals surface area contributed by atoms with Gasteiger partial charge in [-0.2, -0.15) is 5.26 Å². The molecule has 0 aliphatic heterocycles. The summed E-state index contributed by atoms with van der Waals surface area (Å²) in [6.45, 7) is 2.69. The molecule has 0 aliphatic rings. The maximum absolute atomic E-state index is 12.1. The molecule has 0 unspecified atom stereocenters. The van der Waals surface area contributed by atoms with Gasteiger partial charge in [0.05, 0.1) is 6.61 Å². The van der Waals surface area contributed by atoms with Crippen LogP contribution in [0.15, 0.2) is 58.6 Å². The van der Waals surface area contributed by atoms with E-state index in [1.807, 2.05) is 13.0 Å². The van der Waals surface area contributed by atoms with Crippen molar-refractivity contribution in [1.29, 1.82) is 5.26 Å². The molecule has 0 aromatic heterocycles. The summed E-state index contributed by atoms with van der Waals surface area (Å²) >= 11 is 3.31. The Morgan fingerprint density at radius 1 is 1.12 bits per heavy atom. The van der Waals surface area contributed by atoms with Crippen LogP contribution in [0.4, 0.5) is 0 Å². The van der Waals surface area contributed by atoms with Gasteiger partial charge in [0.25, 0.3) is 0 Å². The number of rotatable bonds is 6. The summed E-state index contributed by atoms with van der Waals surface area (Å²) in [5.74, 6) is 0.448. The molecule has 0 spiro atoms. The standard InChI is InChI=1S/C19H16BrNO3/c1-2-11-23-17-7-3-14(4-8-17)12-15(13-21)19(22)24-18-9-5-16(20)6-10-18/h3-10,12H,2,11H2,1H3/b15-12-. The highest BCUT2D eigenvalue weighted by Crippen LogP contribution is 2.19. The van der Waals surface area contributed by atoms with Gasteiger partial charge in [0, 0.05) is 4.47 Å². The van der Waals surface area contributed by atoms with E-state index in [2.05, 4.69) is 15.9 Å². The SMILES string of the molecule is CCCOc1ccc(/C=C(/C#N)C(=O)Oc2ccc(Br)cc2)cc1. The number of esters is 1. The van der Waals surface area contributed by atoms with E-state index >= 15 is 0 Å². The zero-order chi connectivity index (χ0) is 17.4. The minimum absolute atomic E-state index is 0.0693. The van der Waals surface area contributed by atoms with Crippen molar-refractivity contribution >= 4 is 28.0 Å². The van der Waals surface area contributed by atoms with Gasteiger partial charge in [-0.1, -0.05) is 35.0 Å². The van der Waals surface area contributed by atoms with Crippen molar-refractivity contribution in [2.45, 2.75) is 13.3 Å². The fourth-order valence-electron chi connectivity index (χ4n) is 1.85. The smallest absolute Gasteiger partial charge is 0.354 e. The lowest BCUT2D eigenvalue weighted by Crippen LogP contribution is -2.10. The average Bonchev–Trinajstić information content (AvgIpc) is 2.60. The van der Waals surface area contributed by atoms with Gasteiger partial charge in [-0.3, -0.25) is 0 Å². The van der Waals surface area contributed by atoms with Crippen LogP contribution in [0.25, 0.3) is 6.08 Å². The molecule has 0 atom stereocenters. The highest BCUT2D eigenvalue weighted by molar-refractivity contribution is 9.10. The molecule has 0 saturated heterocycles. The van der Waals surface area contributed by atoms with E-state index in [0.717, 1.165) is 22.2 Å². The van der Waals surface area contributed by atoms with E-state index < -0.39 is 5.97 Å². The molecule has 5 heteroatoms. The molecule has 2 aromatic rings. The quantitative estimate of drug-likeness (QED) is 0.311. The van der Waals surface area contributed by atoms with Crippen LogP contribution in [-0.2, 0) is 4.79 Å². The second-order valence-corrected chi connectivity index (χ2v) is 5.85. The number of carbonyl (C=O) groups excluding carboxylic acids is 1. The minimum Gasteiger partial charge on any atom is -0.494 e. The second kappa shape index (κ2) is 8.90. The summed E-state index contributed by atoms with van der Waals surface area (Å²) in [6, 6.07) is 15.9. The molecule has 0 N–H and O–H groups in total. The van der Waals surface area contributed by atoms with Gasteiger partial charge >= 0.3 is 5.97 Å². The van der Waals surface area contributed by atoms with E-state index in [1.54, 1.807) is 48.5 Å². The number of benzene rings is 2. The second-order valence-electron chi connectivity index (χ2n) is 4.93. The first-order valence-corrected chi connectivity index (χ1v) is 8.24. The Kier molecular flexibility index (Phi) is 6.59. The van der Waals surface area contributed by atoms with Crippen LogP contribution in [0.3, 0.4) is 0 Å². The molecular formula is C19H16BrNO3. The highest BCUT2D eigenvalue weighted by Gasteiger charge is 2.12. The molecule has 24 heavy (non-hydrogen) atoms. The number of ether oxygens (including phenoxy) is 2. The van der Waals surface area contributed by atoms with Crippen LogP contribution >= 0.6 is 15.9 Å². The van der Waals surface area contributed by atoms with Gasteiger partial charge in [0.1, 0.15) is 23.1 Å². The van der Waals surface area contributed by atoms with Gasteiger partial charge < -0.3 is 9.47 Å². The monoisotopic (exact) mass is 385 g/mol. The predicted octanol–water partition coefficient (Wildman–Crippen LogP) is 4.75. The molecular weight excluding hydrogens is 370 g/mol. The van der Waals surface area contributed by atoms with Crippen LogP contribution in [0.1, 0.15) is 18.9 Å². The Hall–Kier alpha value is -2.58. The third-order valence-corrected chi connectivity index (χ3v) is 3.56. The Balaban J connectivity index is 2.09. The maximum Gasteiger partial charge on any atom is 0.354 e. The van der Waals surface area contributed by atoms with Gasteiger partial charge in [0.2, 0.25) is 0 Å². The molecule has 2 rings (SSSR count). The van der Waals surface area contributed by atoms with Crippen LogP contribution in [0.2, 0.25) is 0 Å². The van der Waals surface area contributed by atoms with Crippen molar-refractivity contribution in [3.05, 3.63) is 64.1 Å². The molecule has 0 radical (unpaired) electrons. The molecule has 4 nitrogen and oxygen atoms in total. The number of nitriles is 1. The van der Waals surface area contributed by atoms with Crippen LogP contribution in [0, 0.1) is 11.3 Å². The topological polar surface area (TPSA) is 59.3 Å². The molecule has 0 amide bonds. The number of hydrogen-bond acceptors (Lipinski definition) is 4. The maximum atomic E-state index is 12.1. The lowest BCUT2D eigenvalue weighted by Gasteiger charge is -2.05. The molecule has 0 heterocycles. The zero-order valence-corrected chi connectivity index (χ0v) is 14.7. The lowest BCUT2D eigenvalue weighted by atomic mass is 10.1. The van der Waals surface area contributed by atoms with Crippen LogP contribution < -0.4 is 9.47 Å². The van der Waals surface area contributed by atoms with E-state index in [1.165, 1.54) is 6.08 Å². The van der Waals surface area contributed by atoms with Crippen molar-refractivity contribution in [1.82, 2.24) is 0 Å². The van der Waals surface area contributed by atoms with E-state index in [-0.39, 0.29) is 5.57 Å². The van der Waals surface area contributed by atoms with E-state index in [4.69, 9.17) is 9.47 Å². The van der Waals surface area contributed by atoms with Gasteiger partial charge in [0.15, 0.2) is 0 Å². The first-order valence-electron chi connectivity index (χ1n) is 7.44. The zero-order valence-electron chi connectivity index (χ0n) is 13.2. The molecule has 0 bridgehead atoms. The Bertz CT molecular complexity index is 759. The van der Waals surface area contributed by atoms with Crippen LogP contribution in [0.5, 0.6) is 11.5 Å². The van der Waals surface area contributed by atoms with Gasteiger partial charge in [-0.25, -0.2) is 4.79 Å². The van der Waals surface area contributed by atoms with Gasteiger partial charge in [-0.15, -0.1) is 0 Å². The largest absolute Gasteiger partial charge is 0.494 e. The number of hydrogen-bond donors (Lipinski definition) is 0. The highest BCUT2D eigenvalue weighted by atomic mass is 79.9. The fraction of sp³-hybridized carbons (Fsp3) is 0.158. The lowest BCUT2D eigenvalue weighted by molar-refractivity contribution is -0.129. The summed E-state index contributed by atoms with van der Waals surface area (Å²) < 4.78 is 11.6. The van der Waals surface area contributed by atoms with Crippen molar-refractivity contribution in [3.8, 4) is 17.6 Å². The Morgan fingerprint density at radius 3 is 2.33 bits per heavy atom. The number of nitrogens with zero attached hydrogens (tertiary/aromatic N) is 1. The molecule has 0 fully saturated rings. The Morgan fingerprint density at radius 2 is 1.75 bits per heavy atom. The average molecular weight is 386 g/mol. The molecule has 2 aromatic carbocycles. The van der Waals surface area contributed by atoms with Crippen molar-refractivity contribution < 1.29 is 14.3 Å². The third kappa shape index (κ3) is 5.25. The molecule has 122 valence electrons. The van der Waals surface area contributed by atoms with Crippen molar-refractivity contribution in [2.24, 2.45) is 0 Å². The number of halogens is 1. The summed E-state index contributed by atoms with van der Waals surface area (Å²) in [4.78, 5) is 12.1. The summed E-state index contributed by atoms with van der Waals surface area (Å²) in [5.41, 5.74) is 0.656. The van der Waals surface area contributed by atoms with Gasteiger partial charge in [-0.05, 0) is 54.5 Å². The van der Waals surface area contributed by atoms with Crippen LogP contribution in [-0.4, -0.2) is 12.6 Å². The van der Waals surface area contributed by atoms with E-state index in [0.29, 0.717) is 12.4 Å². The summed E-state index contributed by atoms with van der Waals surface area (Å²) in [6.07, 6.45) is 2.42. The van der Waals surface area contributed by atoms with E-state index in [9.17, 15) is 10.1 Å². The number of carbonyl (C=O) groups is 1. The van der Waals surface area contributed by atoms with Crippen molar-refractivity contribution in [3.63, 3.8) is 0 Å². The summed E-state index contributed by atoms with van der Waals surface area (Å²) in [5, 5.41) is 9.20. The first kappa shape index (κ1) is 17.8. The third-order valence-electron chi connectivity index (χ3n) is 3.03. The minimum atomic E-state index is -0.689. The normalized spacial score (nSPS) is 10.8. The Labute approximate surface area is 149 Å². The predicted molar refractivity (Wildman–Crippen MR) is 95.6 cm³/mol.